The summed E-state index contributed by atoms with van der Waals surface area (Å²) in [6.07, 6.45) is 4.99. The van der Waals surface area contributed by atoms with Crippen LogP contribution in [0.5, 0.6) is 0 Å². The van der Waals surface area contributed by atoms with Crippen molar-refractivity contribution in [2.24, 2.45) is 11.7 Å². The zero-order chi connectivity index (χ0) is 26.3. The topological polar surface area (TPSA) is 113 Å². The molecule has 4 N–H and O–H groups in total. The lowest BCUT2D eigenvalue weighted by molar-refractivity contribution is -0.120. The number of nitrogens with one attached hydrogen (secondary N) is 2. The minimum absolute atomic E-state index is 0.101. The normalized spacial score (nSPS) is 19.7. The lowest BCUT2D eigenvalue weighted by Gasteiger charge is -2.42. The van der Waals surface area contributed by atoms with Crippen LogP contribution in [-0.4, -0.2) is 50.7 Å². The minimum atomic E-state index is -0.679. The molecule has 1 fully saturated rings. The van der Waals surface area contributed by atoms with E-state index in [1.165, 1.54) is 23.6 Å². The monoisotopic (exact) mass is 506 g/mol. The van der Waals surface area contributed by atoms with Crippen LogP contribution in [0.1, 0.15) is 19.4 Å². The van der Waals surface area contributed by atoms with Gasteiger partial charge >= 0.3 is 0 Å². The SMILES string of the molecule is CC(=O)N[C@@H]1[C@H](N)CN(c2ccncc2Nc2ncc3ccc(-c4c(F)cc(C)cc4F)nn23)C[C@@H]1C. The van der Waals surface area contributed by atoms with Crippen LogP contribution in [0.2, 0.25) is 0 Å². The summed E-state index contributed by atoms with van der Waals surface area (Å²) in [5.74, 6) is -0.979. The molecule has 3 atom stereocenters. The Kier molecular flexibility index (Phi) is 6.46. The minimum Gasteiger partial charge on any atom is -0.368 e. The number of aryl methyl sites for hydroxylation is 1. The van der Waals surface area contributed by atoms with Gasteiger partial charge in [0, 0.05) is 38.3 Å². The van der Waals surface area contributed by atoms with Gasteiger partial charge < -0.3 is 21.3 Å². The van der Waals surface area contributed by atoms with Gasteiger partial charge in [-0.2, -0.15) is 9.61 Å². The van der Waals surface area contributed by atoms with Crippen molar-refractivity contribution in [3.8, 4) is 11.3 Å². The summed E-state index contributed by atoms with van der Waals surface area (Å²) in [5, 5.41) is 10.7. The Morgan fingerprint density at radius 3 is 2.59 bits per heavy atom. The number of nitrogens with two attached hydrogens (primary N) is 1. The molecule has 11 heteroatoms. The zero-order valence-electron chi connectivity index (χ0n) is 20.7. The molecule has 9 nitrogen and oxygen atoms in total. The highest BCUT2D eigenvalue weighted by atomic mass is 19.1. The first kappa shape index (κ1) is 24.6. The van der Waals surface area contributed by atoms with Crippen LogP contribution >= 0.6 is 0 Å². The van der Waals surface area contributed by atoms with Crippen molar-refractivity contribution in [2.75, 3.05) is 23.3 Å². The number of imidazole rings is 1. The third-order valence-corrected chi connectivity index (χ3v) is 6.60. The molecule has 1 aromatic carbocycles. The van der Waals surface area contributed by atoms with Crippen LogP contribution in [0.25, 0.3) is 16.8 Å². The maximum absolute atomic E-state index is 14.6. The van der Waals surface area contributed by atoms with Crippen LogP contribution in [-0.2, 0) is 4.79 Å². The fraction of sp³-hybridized carbons (Fsp3) is 0.308. The molecule has 192 valence electrons. The second kappa shape index (κ2) is 9.74. The molecule has 0 bridgehead atoms. The number of hydrogen-bond acceptors (Lipinski definition) is 7. The largest absolute Gasteiger partial charge is 0.368 e. The molecule has 3 aromatic heterocycles. The van der Waals surface area contributed by atoms with E-state index in [9.17, 15) is 13.6 Å². The van der Waals surface area contributed by atoms with E-state index < -0.39 is 11.6 Å². The number of carbonyl (C=O) groups excluding carboxylic acids is 1. The molecule has 5 rings (SSSR count). The maximum atomic E-state index is 14.6. The Morgan fingerprint density at radius 2 is 1.89 bits per heavy atom. The van der Waals surface area contributed by atoms with E-state index >= 15 is 0 Å². The molecule has 0 aliphatic carbocycles. The zero-order valence-corrected chi connectivity index (χ0v) is 20.7. The van der Waals surface area contributed by atoms with Crippen molar-refractivity contribution in [1.82, 2.24) is 24.9 Å². The number of pyridine rings is 1. The van der Waals surface area contributed by atoms with Gasteiger partial charge in [-0.1, -0.05) is 6.92 Å². The summed E-state index contributed by atoms with van der Waals surface area (Å²) in [6, 6.07) is 7.33. The highest BCUT2D eigenvalue weighted by Crippen LogP contribution is 2.32. The highest BCUT2D eigenvalue weighted by molar-refractivity contribution is 5.75. The van der Waals surface area contributed by atoms with Crippen molar-refractivity contribution in [3.63, 3.8) is 0 Å². The Balaban J connectivity index is 1.46. The number of anilines is 3. The van der Waals surface area contributed by atoms with Crippen LogP contribution in [0.3, 0.4) is 0 Å². The predicted octanol–water partition coefficient (Wildman–Crippen LogP) is 3.41. The molecule has 1 aliphatic rings. The van der Waals surface area contributed by atoms with Crippen LogP contribution in [0, 0.1) is 24.5 Å². The third-order valence-electron chi connectivity index (χ3n) is 6.60. The smallest absolute Gasteiger partial charge is 0.229 e. The fourth-order valence-corrected chi connectivity index (χ4v) is 4.93. The van der Waals surface area contributed by atoms with Gasteiger partial charge in [0.15, 0.2) is 0 Å². The highest BCUT2D eigenvalue weighted by Gasteiger charge is 2.33. The van der Waals surface area contributed by atoms with Crippen molar-refractivity contribution in [2.45, 2.75) is 32.9 Å². The van der Waals surface area contributed by atoms with E-state index in [-0.39, 0.29) is 35.2 Å². The van der Waals surface area contributed by atoms with Gasteiger partial charge in [-0.15, -0.1) is 0 Å². The molecule has 0 saturated carbocycles. The van der Waals surface area contributed by atoms with Gasteiger partial charge in [0.2, 0.25) is 11.9 Å². The molecular weight excluding hydrogens is 478 g/mol. The number of nitrogens with zero attached hydrogens (tertiary/aromatic N) is 5. The molecular formula is C26H28F2N8O. The first-order valence-corrected chi connectivity index (χ1v) is 12.0. The Morgan fingerprint density at radius 1 is 1.14 bits per heavy atom. The number of hydrogen-bond donors (Lipinski definition) is 3. The van der Waals surface area contributed by atoms with E-state index in [1.807, 2.05) is 6.07 Å². The van der Waals surface area contributed by atoms with Gasteiger partial charge in [0.1, 0.15) is 11.6 Å². The summed E-state index contributed by atoms with van der Waals surface area (Å²) in [6.45, 7) is 6.38. The van der Waals surface area contributed by atoms with E-state index in [1.54, 1.807) is 37.6 Å². The van der Waals surface area contributed by atoms with Crippen LogP contribution in [0.15, 0.2) is 48.9 Å². The van der Waals surface area contributed by atoms with E-state index in [2.05, 4.69) is 37.5 Å². The Bertz CT molecular complexity index is 1440. The summed E-state index contributed by atoms with van der Waals surface area (Å²) in [7, 11) is 0. The lowest BCUT2D eigenvalue weighted by Crippen LogP contribution is -2.61. The molecule has 0 radical (unpaired) electrons. The van der Waals surface area contributed by atoms with E-state index in [0.717, 1.165) is 5.69 Å². The molecule has 4 heterocycles. The molecule has 4 aromatic rings. The van der Waals surface area contributed by atoms with Gasteiger partial charge in [0.05, 0.1) is 40.5 Å². The van der Waals surface area contributed by atoms with E-state index in [4.69, 9.17) is 5.73 Å². The quantitative estimate of drug-likeness (QED) is 0.380. The number of aromatic nitrogens is 4. The first-order chi connectivity index (χ1) is 17.7. The van der Waals surface area contributed by atoms with Crippen molar-refractivity contribution in [1.29, 1.82) is 0 Å². The third kappa shape index (κ3) is 4.82. The summed E-state index contributed by atoms with van der Waals surface area (Å²) < 4.78 is 30.7. The molecule has 37 heavy (non-hydrogen) atoms. The number of rotatable bonds is 5. The Hall–Kier alpha value is -4.12. The summed E-state index contributed by atoms with van der Waals surface area (Å²) in [4.78, 5) is 22.4. The van der Waals surface area contributed by atoms with Gasteiger partial charge in [-0.05, 0) is 48.7 Å². The molecule has 1 aliphatic heterocycles. The van der Waals surface area contributed by atoms with Gasteiger partial charge in [-0.25, -0.2) is 13.8 Å². The molecule has 0 unspecified atom stereocenters. The number of carbonyl (C=O) groups is 1. The number of halogens is 2. The standard InChI is InChI=1S/C26H28F2N8O/c1-14-8-18(27)24(19(28)9-14)21-5-4-17-10-31-26(36(17)34-21)33-22-11-30-7-6-23(22)35-12-15(2)25(20(29)13-35)32-16(3)37/h4-11,15,20,25H,12-13,29H2,1-3H3,(H,31,33)(H,32,37)/t15-,20+,25-/m0/s1. The average molecular weight is 507 g/mol. The van der Waals surface area contributed by atoms with Crippen LogP contribution in [0.4, 0.5) is 26.1 Å². The van der Waals surface area contributed by atoms with Gasteiger partial charge in [-0.3, -0.25) is 9.78 Å². The average Bonchev–Trinajstić information content (AvgIpc) is 3.23. The van der Waals surface area contributed by atoms with Crippen molar-refractivity contribution in [3.05, 3.63) is 66.1 Å². The summed E-state index contributed by atoms with van der Waals surface area (Å²) in [5.41, 5.74) is 9.06. The van der Waals surface area contributed by atoms with Gasteiger partial charge in [0.25, 0.3) is 0 Å². The fourth-order valence-electron chi connectivity index (χ4n) is 4.93. The van der Waals surface area contributed by atoms with Crippen molar-refractivity contribution >= 4 is 28.7 Å². The number of piperidine rings is 1. The molecule has 1 saturated heterocycles. The summed E-state index contributed by atoms with van der Waals surface area (Å²) >= 11 is 0. The first-order valence-electron chi connectivity index (χ1n) is 12.0. The number of amides is 1. The van der Waals surface area contributed by atoms with Crippen LogP contribution < -0.4 is 21.3 Å². The second-order valence-corrected chi connectivity index (χ2v) is 9.53. The maximum Gasteiger partial charge on any atom is 0.229 e. The van der Waals surface area contributed by atoms with E-state index in [0.29, 0.717) is 35.8 Å². The van der Waals surface area contributed by atoms with Crippen molar-refractivity contribution < 1.29 is 13.6 Å². The number of benzene rings is 1. The Labute approximate surface area is 212 Å². The molecule has 1 amide bonds. The number of fused-ring (bicyclic) bond motifs is 1. The predicted molar refractivity (Wildman–Crippen MR) is 138 cm³/mol. The second-order valence-electron chi connectivity index (χ2n) is 9.53. The molecule has 0 spiro atoms. The lowest BCUT2D eigenvalue weighted by atomic mass is 9.89.